The van der Waals surface area contributed by atoms with Crippen LogP contribution in [0.4, 0.5) is 21.5 Å². The number of hydrogen-bond acceptors (Lipinski definition) is 14. The first-order valence-electron chi connectivity index (χ1n) is 24.3. The Hall–Kier alpha value is -8.40. The largest absolute Gasteiger partial charge is 0.512 e. The summed E-state index contributed by atoms with van der Waals surface area (Å²) in [5, 5.41) is 34.6. The summed E-state index contributed by atoms with van der Waals surface area (Å²) in [4.78, 5) is 66.4. The van der Waals surface area contributed by atoms with Gasteiger partial charge in [0.2, 0.25) is 0 Å². The molecule has 0 spiro atoms. The number of halogens is 1. The van der Waals surface area contributed by atoms with Gasteiger partial charge < -0.3 is 50.7 Å². The number of carboxylic acid groups (broad SMARTS) is 1. The minimum atomic E-state index is -3.70. The molecule has 3 saturated carbocycles. The summed E-state index contributed by atoms with van der Waals surface area (Å²) in [5.74, 6) is -1.83. The van der Waals surface area contributed by atoms with Crippen molar-refractivity contribution < 1.29 is 46.9 Å². The van der Waals surface area contributed by atoms with Gasteiger partial charge in [-0.2, -0.15) is 0 Å². The van der Waals surface area contributed by atoms with E-state index in [-0.39, 0.29) is 70.1 Å². The molecule has 5 aliphatic rings. The molecule has 0 radical (unpaired) electrons. The van der Waals surface area contributed by atoms with Crippen molar-refractivity contribution in [2.24, 2.45) is 24.9 Å². The minimum Gasteiger partial charge on any atom is -0.512 e. The fourth-order valence-corrected chi connectivity index (χ4v) is 12.5. The van der Waals surface area contributed by atoms with Crippen molar-refractivity contribution in [2.75, 3.05) is 34.9 Å². The van der Waals surface area contributed by atoms with Crippen LogP contribution in [0.15, 0.2) is 96.9 Å². The van der Waals surface area contributed by atoms with Gasteiger partial charge in [-0.1, -0.05) is 30.8 Å². The number of carboxylic acids is 1. The van der Waals surface area contributed by atoms with Crippen molar-refractivity contribution >= 4 is 72.7 Å². The second-order valence-corrected chi connectivity index (χ2v) is 21.9. The Kier molecular flexibility index (Phi) is 13.0. The molecule has 75 heavy (non-hydrogen) atoms. The summed E-state index contributed by atoms with van der Waals surface area (Å²) in [6, 6.07) is 13.4. The third-order valence-corrected chi connectivity index (χ3v) is 16.9. The molecular formula is C53H54FN11O9S. The Morgan fingerprint density at radius 2 is 1.43 bits per heavy atom. The van der Waals surface area contributed by atoms with E-state index >= 15 is 0 Å². The number of hydrogen-bond donors (Lipinski definition) is 7. The van der Waals surface area contributed by atoms with Gasteiger partial charge in [0, 0.05) is 51.5 Å². The number of nitrogens with zero attached hydrogens (tertiary/aromatic N) is 6. The van der Waals surface area contributed by atoms with Crippen LogP contribution < -0.4 is 31.3 Å². The van der Waals surface area contributed by atoms with E-state index in [0.29, 0.717) is 61.8 Å². The van der Waals surface area contributed by atoms with Crippen LogP contribution in [-0.2, 0) is 41.8 Å². The van der Waals surface area contributed by atoms with Crippen LogP contribution in [0.1, 0.15) is 98.2 Å². The maximum atomic E-state index is 13.5. The van der Waals surface area contributed by atoms with Crippen LogP contribution in [0.2, 0.25) is 0 Å². The van der Waals surface area contributed by atoms with Crippen LogP contribution in [0.3, 0.4) is 0 Å². The molecule has 1 atom stereocenters. The number of aromatic nitrogens is 6. The van der Waals surface area contributed by atoms with Gasteiger partial charge in [-0.3, -0.25) is 14.4 Å². The zero-order chi connectivity index (χ0) is 53.0. The van der Waals surface area contributed by atoms with E-state index in [0.717, 1.165) is 61.9 Å². The molecular weight excluding hydrogens is 986 g/mol. The number of amides is 3. The standard InChI is InChI=1S/C27H32FN5O2.C26H22N6O7S/c1-17-12-19(4-5-20(17)28)13-29-25(35)23-24-22(31-16-32-23)21(14-33(24)3)30-15-26-6-9-27(10-7-26,11-8-26)18(2)34;1-32-9-17(30-18-11-40(37,38)20-7-14(26(35)36)3-4-15(18)20)22-24(32)23(29-12-28-22)25(34)27-8-13-2-5-19-16(6-13)31-21(33)10-39-19/h4-5,12,14,16,30,34H,2,6-11,13,15H2,1,3H3,(H,29,35);2-7,9,12,18,30H,8,10-11H2,1H3,(H,27,34)(H,31,33)(H,35,36). The lowest BCUT2D eigenvalue weighted by atomic mass is 9.53. The Morgan fingerprint density at radius 1 is 0.827 bits per heavy atom. The van der Waals surface area contributed by atoms with Gasteiger partial charge >= 0.3 is 5.97 Å². The molecule has 0 saturated heterocycles. The first kappa shape index (κ1) is 50.1. The number of carbonyl (C=O) groups is 4. The highest BCUT2D eigenvalue weighted by Gasteiger charge is 2.50. The molecule has 1 unspecified atom stereocenters. The van der Waals surface area contributed by atoms with Crippen molar-refractivity contribution in [3.63, 3.8) is 0 Å². The fraction of sp³-hybridized carbons (Fsp3) is 0.321. The molecule has 3 fully saturated rings. The van der Waals surface area contributed by atoms with Crippen LogP contribution >= 0.6 is 0 Å². The van der Waals surface area contributed by atoms with Gasteiger partial charge in [-0.15, -0.1) is 0 Å². The highest BCUT2D eigenvalue weighted by atomic mass is 32.2. The van der Waals surface area contributed by atoms with Gasteiger partial charge in [0.1, 0.15) is 46.3 Å². The average Bonchev–Trinajstić information content (AvgIpc) is 4.04. The second-order valence-electron chi connectivity index (χ2n) is 19.9. The molecule has 6 heterocycles. The molecule has 2 bridgehead atoms. The highest BCUT2D eigenvalue weighted by molar-refractivity contribution is 7.91. The maximum Gasteiger partial charge on any atom is 0.335 e. The van der Waals surface area contributed by atoms with Crippen LogP contribution in [0.25, 0.3) is 22.1 Å². The van der Waals surface area contributed by atoms with Crippen molar-refractivity contribution in [3.05, 3.63) is 137 Å². The number of aryl methyl sites for hydroxylation is 3. The lowest BCUT2D eigenvalue weighted by molar-refractivity contribution is -0.118. The van der Waals surface area contributed by atoms with Gasteiger partial charge in [-0.05, 0) is 103 Å². The first-order chi connectivity index (χ1) is 35.8. The van der Waals surface area contributed by atoms with E-state index in [2.05, 4.69) is 53.1 Å². The fourth-order valence-electron chi connectivity index (χ4n) is 10.8. The number of ether oxygens (including phenoxy) is 1. The number of nitrogens with one attached hydrogen (secondary N) is 5. The molecule has 4 aromatic heterocycles. The number of aliphatic hydroxyl groups is 1. The third-order valence-electron chi connectivity index (χ3n) is 15.1. The topological polar surface area (TPSA) is 274 Å². The number of benzene rings is 3. The number of carbonyl (C=O) groups excluding carboxylic acids is 3. The minimum absolute atomic E-state index is 0.0202. The van der Waals surface area contributed by atoms with Crippen molar-refractivity contribution in [1.82, 2.24) is 39.7 Å². The van der Waals surface area contributed by atoms with E-state index in [1.807, 2.05) is 17.8 Å². The predicted molar refractivity (Wildman–Crippen MR) is 276 cm³/mol. The average molecular weight is 1040 g/mol. The maximum absolute atomic E-state index is 13.5. The van der Waals surface area contributed by atoms with Crippen molar-refractivity contribution in [3.8, 4) is 5.75 Å². The number of aliphatic hydroxyl groups excluding tert-OH is 1. The number of aromatic carboxylic acids is 1. The van der Waals surface area contributed by atoms with Crippen molar-refractivity contribution in [2.45, 2.75) is 69.5 Å². The second kappa shape index (κ2) is 19.5. The number of anilines is 3. The van der Waals surface area contributed by atoms with E-state index < -0.39 is 27.8 Å². The molecule has 388 valence electrons. The molecule has 3 aliphatic carbocycles. The summed E-state index contributed by atoms with van der Waals surface area (Å²) in [6.45, 7) is 6.77. The van der Waals surface area contributed by atoms with Gasteiger partial charge in [-0.25, -0.2) is 37.5 Å². The summed E-state index contributed by atoms with van der Waals surface area (Å²) in [6.07, 6.45) is 12.5. The molecule has 3 amide bonds. The lowest BCUT2D eigenvalue weighted by Gasteiger charge is -2.53. The number of fused-ring (bicyclic) bond motifs is 7. The van der Waals surface area contributed by atoms with Gasteiger partial charge in [0.05, 0.1) is 45.1 Å². The van der Waals surface area contributed by atoms with E-state index in [1.165, 1.54) is 36.9 Å². The lowest BCUT2D eigenvalue weighted by Crippen LogP contribution is -2.45. The Bertz CT molecular complexity index is 3610. The number of sulfone groups is 1. The number of rotatable bonds is 13. The predicted octanol–water partition coefficient (Wildman–Crippen LogP) is 7.04. The Labute approximate surface area is 429 Å². The zero-order valence-electron chi connectivity index (χ0n) is 41.3. The molecule has 7 aromatic rings. The van der Waals surface area contributed by atoms with Gasteiger partial charge in [0.25, 0.3) is 17.7 Å². The summed E-state index contributed by atoms with van der Waals surface area (Å²) in [7, 11) is -0.0950. The van der Waals surface area contributed by atoms with E-state index in [1.54, 1.807) is 55.1 Å². The highest BCUT2D eigenvalue weighted by Crippen LogP contribution is 2.59. The normalized spacial score (nSPS) is 19.9. The smallest absolute Gasteiger partial charge is 0.335 e. The summed E-state index contributed by atoms with van der Waals surface area (Å²) < 4.78 is 48.0. The molecule has 7 N–H and O–H groups in total. The third kappa shape index (κ3) is 9.68. The first-order valence-corrected chi connectivity index (χ1v) is 25.9. The van der Waals surface area contributed by atoms with Gasteiger partial charge in [0.15, 0.2) is 27.8 Å². The zero-order valence-corrected chi connectivity index (χ0v) is 42.1. The molecule has 3 aromatic carbocycles. The van der Waals surface area contributed by atoms with Crippen molar-refractivity contribution in [1.29, 1.82) is 0 Å². The van der Waals surface area contributed by atoms with E-state index in [9.17, 15) is 42.2 Å². The van der Waals surface area contributed by atoms with Crippen LogP contribution in [0, 0.1) is 23.6 Å². The molecule has 22 heteroatoms. The molecule has 20 nitrogen and oxygen atoms in total. The van der Waals surface area contributed by atoms with Crippen LogP contribution in [-0.4, -0.2) is 90.3 Å². The Morgan fingerprint density at radius 3 is 2.04 bits per heavy atom. The number of allylic oxidation sites excluding steroid dienone is 1. The SMILES string of the molecule is C=C(O)C12CCC(CNc3cn(C)c4c(C(=O)NCc5ccc(F)c(C)c5)ncnc34)(CC1)CC2.Cn1cc(NC2CS(=O)(=O)c3cc(C(=O)O)ccc32)c2ncnc(C(=O)NCc3ccc4c(c3)NC(=O)CO4)c21. The molecule has 2 aliphatic heterocycles. The van der Waals surface area contributed by atoms with E-state index in [4.69, 9.17) is 4.74 Å². The van der Waals surface area contributed by atoms with Crippen LogP contribution in [0.5, 0.6) is 5.75 Å². The Balaban J connectivity index is 0.000000173. The summed E-state index contributed by atoms with van der Waals surface area (Å²) >= 11 is 0. The monoisotopic (exact) mass is 1040 g/mol. The quantitative estimate of drug-likeness (QED) is 0.0571. The summed E-state index contributed by atoms with van der Waals surface area (Å²) in [5.41, 5.74) is 7.18. The molecule has 12 rings (SSSR count).